The smallest absolute Gasteiger partial charge is 0.122 e. The third-order valence-corrected chi connectivity index (χ3v) is 6.69. The third-order valence-electron chi connectivity index (χ3n) is 6.69. The molecule has 2 aliphatic heterocycles. The van der Waals surface area contributed by atoms with E-state index in [1.54, 1.807) is 0 Å². The normalized spacial score (nSPS) is 21.5. The molecular formula is C27H38N2O4. The van der Waals surface area contributed by atoms with Gasteiger partial charge in [0, 0.05) is 39.3 Å². The second-order valence-electron chi connectivity index (χ2n) is 9.35. The van der Waals surface area contributed by atoms with E-state index >= 15 is 0 Å². The van der Waals surface area contributed by atoms with Gasteiger partial charge in [0.25, 0.3) is 0 Å². The molecule has 0 aliphatic carbocycles. The first-order valence-corrected chi connectivity index (χ1v) is 12.3. The van der Waals surface area contributed by atoms with Gasteiger partial charge in [-0.15, -0.1) is 0 Å². The van der Waals surface area contributed by atoms with Crippen molar-refractivity contribution in [2.24, 2.45) is 0 Å². The van der Waals surface area contributed by atoms with Crippen molar-refractivity contribution in [3.8, 4) is 22.6 Å². The average molecular weight is 455 g/mol. The molecule has 180 valence electrons. The van der Waals surface area contributed by atoms with Crippen molar-refractivity contribution in [3.63, 3.8) is 0 Å². The van der Waals surface area contributed by atoms with E-state index in [9.17, 15) is 10.2 Å². The lowest BCUT2D eigenvalue weighted by molar-refractivity contribution is 0.172. The van der Waals surface area contributed by atoms with Crippen LogP contribution in [0.25, 0.3) is 11.1 Å². The van der Waals surface area contributed by atoms with E-state index in [-0.39, 0.29) is 12.2 Å². The summed E-state index contributed by atoms with van der Waals surface area (Å²) in [7, 11) is 0. The average Bonchev–Trinajstić information content (AvgIpc) is 3.43. The lowest BCUT2D eigenvalue weighted by Gasteiger charge is -2.17. The Morgan fingerprint density at radius 2 is 1.48 bits per heavy atom. The Balaban J connectivity index is 1.27. The topological polar surface area (TPSA) is 65.4 Å². The lowest BCUT2D eigenvalue weighted by Crippen LogP contribution is -2.24. The molecule has 2 aromatic rings. The zero-order valence-electron chi connectivity index (χ0n) is 19.8. The van der Waals surface area contributed by atoms with Gasteiger partial charge in [0.2, 0.25) is 0 Å². The summed E-state index contributed by atoms with van der Waals surface area (Å²) in [6.07, 6.45) is 3.35. The zero-order chi connectivity index (χ0) is 23.0. The van der Waals surface area contributed by atoms with Gasteiger partial charge >= 0.3 is 0 Å². The van der Waals surface area contributed by atoms with Gasteiger partial charge in [-0.1, -0.05) is 24.3 Å². The van der Waals surface area contributed by atoms with Gasteiger partial charge in [-0.25, -0.2) is 0 Å². The Kier molecular flexibility index (Phi) is 8.62. The standard InChI is InChI=1S/C27H38N2O4/c1-21-26(8-3-9-27(21)33-17-5-13-29-15-11-24(31)20-29)22-6-2-7-25(18-22)32-16-4-12-28-14-10-23(30)19-28/h2-3,6-9,18,23-24,30-31H,4-5,10-17,19-20H2,1H3/t23-,24-/m1/s1. The molecule has 2 aliphatic rings. The predicted molar refractivity (Wildman–Crippen MR) is 131 cm³/mol. The van der Waals surface area contributed by atoms with Crippen molar-refractivity contribution in [2.45, 2.75) is 44.8 Å². The fourth-order valence-corrected chi connectivity index (χ4v) is 4.82. The Morgan fingerprint density at radius 1 is 0.848 bits per heavy atom. The van der Waals surface area contributed by atoms with Crippen molar-refractivity contribution in [3.05, 3.63) is 48.0 Å². The molecule has 2 heterocycles. The van der Waals surface area contributed by atoms with E-state index in [2.05, 4.69) is 34.9 Å². The molecule has 2 aromatic carbocycles. The Bertz CT molecular complexity index is 890. The number of hydrogen-bond donors (Lipinski definition) is 2. The summed E-state index contributed by atoms with van der Waals surface area (Å²) in [6.45, 7) is 8.93. The summed E-state index contributed by atoms with van der Waals surface area (Å²) in [4.78, 5) is 4.60. The summed E-state index contributed by atoms with van der Waals surface area (Å²) >= 11 is 0. The number of rotatable bonds is 11. The van der Waals surface area contributed by atoms with Crippen LogP contribution in [0.1, 0.15) is 31.2 Å². The van der Waals surface area contributed by atoms with Crippen molar-refractivity contribution in [1.82, 2.24) is 9.80 Å². The number of benzene rings is 2. The van der Waals surface area contributed by atoms with Gasteiger partial charge in [-0.2, -0.15) is 0 Å². The Labute approximate surface area is 197 Å². The van der Waals surface area contributed by atoms with Crippen LogP contribution in [0.2, 0.25) is 0 Å². The minimum absolute atomic E-state index is 0.162. The van der Waals surface area contributed by atoms with E-state index in [0.717, 1.165) is 93.1 Å². The quantitative estimate of drug-likeness (QED) is 0.508. The molecule has 0 unspecified atom stereocenters. The molecule has 4 rings (SSSR count). The maximum Gasteiger partial charge on any atom is 0.122 e. The number of ether oxygens (including phenoxy) is 2. The fourth-order valence-electron chi connectivity index (χ4n) is 4.82. The molecule has 6 nitrogen and oxygen atoms in total. The first-order valence-electron chi connectivity index (χ1n) is 12.3. The first kappa shape index (κ1) is 24.0. The van der Waals surface area contributed by atoms with E-state index < -0.39 is 0 Å². The van der Waals surface area contributed by atoms with Crippen LogP contribution in [0.5, 0.6) is 11.5 Å². The molecular weight excluding hydrogens is 416 g/mol. The maximum atomic E-state index is 9.65. The van der Waals surface area contributed by atoms with Crippen LogP contribution < -0.4 is 9.47 Å². The molecule has 33 heavy (non-hydrogen) atoms. The van der Waals surface area contributed by atoms with Gasteiger partial charge in [-0.3, -0.25) is 0 Å². The zero-order valence-corrected chi connectivity index (χ0v) is 19.8. The van der Waals surface area contributed by atoms with Gasteiger partial charge in [0.1, 0.15) is 11.5 Å². The summed E-state index contributed by atoms with van der Waals surface area (Å²) < 4.78 is 12.1. The molecule has 2 fully saturated rings. The van der Waals surface area contributed by atoms with E-state index in [1.807, 2.05) is 24.3 Å². The molecule has 0 spiro atoms. The second-order valence-corrected chi connectivity index (χ2v) is 9.35. The highest BCUT2D eigenvalue weighted by molar-refractivity contribution is 5.70. The maximum absolute atomic E-state index is 9.65. The minimum Gasteiger partial charge on any atom is -0.494 e. The highest BCUT2D eigenvalue weighted by Crippen LogP contribution is 2.32. The number of hydrogen-bond acceptors (Lipinski definition) is 6. The van der Waals surface area contributed by atoms with E-state index in [1.165, 1.54) is 0 Å². The molecule has 0 saturated carbocycles. The number of aliphatic hydroxyl groups excluding tert-OH is 2. The molecule has 0 bridgehead atoms. The van der Waals surface area contributed by atoms with Crippen molar-refractivity contribution < 1.29 is 19.7 Å². The number of β-amino-alcohol motifs (C(OH)–C–C–N with tert-alkyl or cyclic N) is 2. The van der Waals surface area contributed by atoms with Gasteiger partial charge < -0.3 is 29.5 Å². The minimum atomic E-state index is -0.163. The molecule has 0 radical (unpaired) electrons. The highest BCUT2D eigenvalue weighted by atomic mass is 16.5. The number of aliphatic hydroxyl groups is 2. The van der Waals surface area contributed by atoms with E-state index in [0.29, 0.717) is 13.2 Å². The van der Waals surface area contributed by atoms with Crippen LogP contribution >= 0.6 is 0 Å². The first-order chi connectivity index (χ1) is 16.1. The van der Waals surface area contributed by atoms with Crippen LogP contribution in [-0.2, 0) is 0 Å². The number of nitrogens with zero attached hydrogens (tertiary/aromatic N) is 2. The van der Waals surface area contributed by atoms with Crippen LogP contribution in [-0.4, -0.2) is 84.7 Å². The van der Waals surface area contributed by atoms with E-state index in [4.69, 9.17) is 9.47 Å². The number of likely N-dealkylation sites (tertiary alicyclic amines) is 2. The lowest BCUT2D eigenvalue weighted by atomic mass is 10.00. The van der Waals surface area contributed by atoms with Crippen LogP contribution in [0.3, 0.4) is 0 Å². The molecule has 2 atom stereocenters. The van der Waals surface area contributed by atoms with Crippen LogP contribution in [0, 0.1) is 6.92 Å². The second kappa shape index (κ2) is 11.8. The van der Waals surface area contributed by atoms with Crippen LogP contribution in [0.4, 0.5) is 0 Å². The third kappa shape index (κ3) is 6.93. The largest absolute Gasteiger partial charge is 0.494 e. The summed E-state index contributed by atoms with van der Waals surface area (Å²) in [5.41, 5.74) is 3.43. The summed E-state index contributed by atoms with van der Waals surface area (Å²) in [5, 5.41) is 19.3. The molecule has 2 saturated heterocycles. The van der Waals surface area contributed by atoms with Gasteiger partial charge in [0.15, 0.2) is 0 Å². The Hall–Kier alpha value is -2.12. The molecule has 0 aromatic heterocycles. The Morgan fingerprint density at radius 3 is 2.12 bits per heavy atom. The molecule has 6 heteroatoms. The summed E-state index contributed by atoms with van der Waals surface area (Å²) in [6, 6.07) is 14.5. The van der Waals surface area contributed by atoms with Gasteiger partial charge in [-0.05, 0) is 67.5 Å². The SMILES string of the molecule is Cc1c(OCCCN2CC[C@@H](O)C2)cccc1-c1cccc(OCCCN2CC[C@@H](O)C2)c1. The fraction of sp³-hybridized carbons (Fsp3) is 0.556. The van der Waals surface area contributed by atoms with Gasteiger partial charge in [0.05, 0.1) is 25.4 Å². The summed E-state index contributed by atoms with van der Waals surface area (Å²) in [5.74, 6) is 1.81. The monoisotopic (exact) mass is 454 g/mol. The van der Waals surface area contributed by atoms with Crippen molar-refractivity contribution in [2.75, 3.05) is 52.5 Å². The molecule has 2 N–H and O–H groups in total. The predicted octanol–water partition coefficient (Wildman–Crippen LogP) is 3.33. The molecule has 0 amide bonds. The van der Waals surface area contributed by atoms with Crippen molar-refractivity contribution >= 4 is 0 Å². The van der Waals surface area contributed by atoms with Crippen molar-refractivity contribution in [1.29, 1.82) is 0 Å². The highest BCUT2D eigenvalue weighted by Gasteiger charge is 2.20. The van der Waals surface area contributed by atoms with Crippen LogP contribution in [0.15, 0.2) is 42.5 Å².